The minimum absolute atomic E-state index is 0.387. The Bertz CT molecular complexity index is 542. The van der Waals surface area contributed by atoms with E-state index in [4.69, 9.17) is 23.2 Å². The van der Waals surface area contributed by atoms with E-state index in [-0.39, 0.29) is 0 Å². The third-order valence-electron chi connectivity index (χ3n) is 2.52. The summed E-state index contributed by atoms with van der Waals surface area (Å²) in [5, 5.41) is 3.74. The molecular weight excluding hydrogens is 289 g/mol. The summed E-state index contributed by atoms with van der Waals surface area (Å²) in [6.07, 6.45) is 1.64. The van der Waals surface area contributed by atoms with E-state index < -0.39 is 0 Å². The van der Waals surface area contributed by atoms with Gasteiger partial charge in [-0.1, -0.05) is 11.6 Å². The standard InChI is InChI=1S/C12H13Cl2N3S/c1-8-16-10(7-18-8)6-17(2)12-3-9(4-13)11(14)5-15-12/h3,5,7H,4,6H2,1-2H3. The highest BCUT2D eigenvalue weighted by molar-refractivity contribution is 7.09. The molecular formula is C12H13Cl2N3S. The van der Waals surface area contributed by atoms with E-state index in [9.17, 15) is 0 Å². The molecule has 2 rings (SSSR count). The van der Waals surface area contributed by atoms with E-state index in [2.05, 4.69) is 15.3 Å². The molecule has 6 heteroatoms. The molecule has 0 bridgehead atoms. The van der Waals surface area contributed by atoms with E-state index in [1.54, 1.807) is 17.5 Å². The number of nitrogens with zero attached hydrogens (tertiary/aromatic N) is 3. The number of aryl methyl sites for hydroxylation is 1. The third kappa shape index (κ3) is 3.13. The first-order valence-electron chi connectivity index (χ1n) is 5.42. The maximum Gasteiger partial charge on any atom is 0.128 e. The van der Waals surface area contributed by atoms with Crippen molar-refractivity contribution >= 4 is 40.4 Å². The van der Waals surface area contributed by atoms with Crippen LogP contribution in [0.1, 0.15) is 16.3 Å². The van der Waals surface area contributed by atoms with Gasteiger partial charge in [-0.2, -0.15) is 0 Å². The summed E-state index contributed by atoms with van der Waals surface area (Å²) in [5.41, 5.74) is 1.94. The number of thiazole rings is 1. The summed E-state index contributed by atoms with van der Waals surface area (Å²) in [6, 6.07) is 1.91. The molecule has 0 radical (unpaired) electrons. The molecule has 2 aromatic rings. The van der Waals surface area contributed by atoms with E-state index in [1.807, 2.05) is 24.9 Å². The fourth-order valence-electron chi connectivity index (χ4n) is 1.58. The molecule has 0 aliphatic carbocycles. The van der Waals surface area contributed by atoms with Gasteiger partial charge >= 0.3 is 0 Å². The number of anilines is 1. The summed E-state index contributed by atoms with van der Waals surface area (Å²) >= 11 is 13.5. The van der Waals surface area contributed by atoms with E-state index in [1.165, 1.54) is 0 Å². The zero-order valence-corrected chi connectivity index (χ0v) is 12.5. The van der Waals surface area contributed by atoms with Gasteiger partial charge in [0.25, 0.3) is 0 Å². The van der Waals surface area contributed by atoms with Gasteiger partial charge < -0.3 is 4.90 Å². The number of hydrogen-bond donors (Lipinski definition) is 0. The van der Waals surface area contributed by atoms with Crippen LogP contribution in [0, 0.1) is 6.92 Å². The lowest BCUT2D eigenvalue weighted by Crippen LogP contribution is -2.18. The third-order valence-corrected chi connectivity index (χ3v) is 3.97. The highest BCUT2D eigenvalue weighted by Crippen LogP contribution is 2.22. The van der Waals surface area contributed by atoms with Gasteiger partial charge in [-0.25, -0.2) is 9.97 Å². The highest BCUT2D eigenvalue weighted by atomic mass is 35.5. The van der Waals surface area contributed by atoms with Gasteiger partial charge in [0.05, 0.1) is 22.3 Å². The maximum atomic E-state index is 5.99. The Hall–Kier alpha value is -0.840. The van der Waals surface area contributed by atoms with Crippen molar-refractivity contribution in [1.82, 2.24) is 9.97 Å². The minimum atomic E-state index is 0.387. The predicted octanol–water partition coefficient (Wildman–Crippen LogP) is 3.88. The molecule has 2 heterocycles. The smallest absolute Gasteiger partial charge is 0.128 e. The fourth-order valence-corrected chi connectivity index (χ4v) is 2.65. The summed E-state index contributed by atoms with van der Waals surface area (Å²) in [4.78, 5) is 10.8. The minimum Gasteiger partial charge on any atom is -0.354 e. The van der Waals surface area contributed by atoms with Crippen molar-refractivity contribution in [1.29, 1.82) is 0 Å². The highest BCUT2D eigenvalue weighted by Gasteiger charge is 2.08. The molecule has 2 aromatic heterocycles. The number of rotatable bonds is 4. The Morgan fingerprint density at radius 3 is 2.83 bits per heavy atom. The molecule has 0 fully saturated rings. The molecule has 0 aliphatic heterocycles. The van der Waals surface area contributed by atoms with Gasteiger partial charge in [0.1, 0.15) is 5.82 Å². The molecule has 0 aromatic carbocycles. The quantitative estimate of drug-likeness (QED) is 0.803. The van der Waals surface area contributed by atoms with Crippen molar-refractivity contribution < 1.29 is 0 Å². The summed E-state index contributed by atoms with van der Waals surface area (Å²) in [7, 11) is 1.98. The molecule has 96 valence electrons. The summed E-state index contributed by atoms with van der Waals surface area (Å²) in [6.45, 7) is 2.72. The fraction of sp³-hybridized carbons (Fsp3) is 0.333. The maximum absolute atomic E-state index is 5.99. The molecule has 0 saturated carbocycles. The molecule has 0 N–H and O–H groups in total. The van der Waals surface area contributed by atoms with Crippen molar-refractivity contribution in [3.8, 4) is 0 Å². The number of hydrogen-bond acceptors (Lipinski definition) is 4. The number of halogens is 2. The lowest BCUT2D eigenvalue weighted by atomic mass is 10.3. The van der Waals surface area contributed by atoms with Gasteiger partial charge in [-0.3, -0.25) is 0 Å². The second-order valence-corrected chi connectivity index (χ2v) is 5.72. The van der Waals surface area contributed by atoms with Crippen LogP contribution in [0.5, 0.6) is 0 Å². The van der Waals surface area contributed by atoms with Crippen molar-refractivity contribution in [3.05, 3.63) is 38.9 Å². The van der Waals surface area contributed by atoms with Crippen LogP contribution >= 0.6 is 34.5 Å². The first-order valence-corrected chi connectivity index (χ1v) is 7.22. The molecule has 0 spiro atoms. The predicted molar refractivity (Wildman–Crippen MR) is 77.8 cm³/mol. The topological polar surface area (TPSA) is 29.0 Å². The average molecular weight is 302 g/mol. The van der Waals surface area contributed by atoms with E-state index in [0.717, 1.165) is 28.6 Å². The van der Waals surface area contributed by atoms with Crippen LogP contribution in [0.4, 0.5) is 5.82 Å². The van der Waals surface area contributed by atoms with E-state index >= 15 is 0 Å². The monoisotopic (exact) mass is 301 g/mol. The summed E-state index contributed by atoms with van der Waals surface area (Å²) < 4.78 is 0. The zero-order chi connectivity index (χ0) is 13.1. The molecule has 0 amide bonds. The first-order chi connectivity index (χ1) is 8.60. The van der Waals surface area contributed by atoms with Crippen LogP contribution in [-0.4, -0.2) is 17.0 Å². The Morgan fingerprint density at radius 2 is 2.22 bits per heavy atom. The number of pyridine rings is 1. The molecule has 0 atom stereocenters. The van der Waals surface area contributed by atoms with Crippen molar-refractivity contribution in [3.63, 3.8) is 0 Å². The number of aromatic nitrogens is 2. The first kappa shape index (κ1) is 13.6. The molecule has 0 aliphatic rings. The van der Waals surface area contributed by atoms with Gasteiger partial charge in [0.15, 0.2) is 0 Å². The van der Waals surface area contributed by atoms with Gasteiger partial charge in [0, 0.05) is 24.5 Å². The SMILES string of the molecule is Cc1nc(CN(C)c2cc(CCl)c(Cl)cn2)cs1. The molecule has 18 heavy (non-hydrogen) atoms. The van der Waals surface area contributed by atoms with Crippen LogP contribution in [0.3, 0.4) is 0 Å². The van der Waals surface area contributed by atoms with Gasteiger partial charge in [0.2, 0.25) is 0 Å². The van der Waals surface area contributed by atoms with Crippen molar-refractivity contribution in [2.24, 2.45) is 0 Å². The lowest BCUT2D eigenvalue weighted by molar-refractivity contribution is 0.869. The zero-order valence-electron chi connectivity index (χ0n) is 10.2. The van der Waals surface area contributed by atoms with Crippen LogP contribution in [0.2, 0.25) is 5.02 Å². The second-order valence-electron chi connectivity index (χ2n) is 3.98. The van der Waals surface area contributed by atoms with Crippen LogP contribution < -0.4 is 4.90 Å². The van der Waals surface area contributed by atoms with Crippen LogP contribution in [-0.2, 0) is 12.4 Å². The Labute approximate surface area is 120 Å². The van der Waals surface area contributed by atoms with Crippen molar-refractivity contribution in [2.45, 2.75) is 19.3 Å². The van der Waals surface area contributed by atoms with Crippen LogP contribution in [0.25, 0.3) is 0 Å². The lowest BCUT2D eigenvalue weighted by Gasteiger charge is -2.17. The largest absolute Gasteiger partial charge is 0.354 e. The molecule has 0 unspecified atom stereocenters. The van der Waals surface area contributed by atoms with E-state index in [0.29, 0.717) is 10.9 Å². The van der Waals surface area contributed by atoms with Gasteiger partial charge in [-0.15, -0.1) is 22.9 Å². The summed E-state index contributed by atoms with van der Waals surface area (Å²) in [5.74, 6) is 1.23. The van der Waals surface area contributed by atoms with Crippen LogP contribution in [0.15, 0.2) is 17.6 Å². The normalized spacial score (nSPS) is 10.7. The van der Waals surface area contributed by atoms with Gasteiger partial charge in [-0.05, 0) is 18.6 Å². The Balaban J connectivity index is 2.15. The Kier molecular flexibility index (Phi) is 4.43. The molecule has 0 saturated heterocycles. The average Bonchev–Trinajstić information content (AvgIpc) is 2.75. The molecule has 3 nitrogen and oxygen atoms in total. The Morgan fingerprint density at radius 1 is 1.44 bits per heavy atom. The van der Waals surface area contributed by atoms with Crippen molar-refractivity contribution in [2.75, 3.05) is 11.9 Å². The number of alkyl halides is 1. The second kappa shape index (κ2) is 5.87.